The molecule has 0 saturated heterocycles. The van der Waals surface area contributed by atoms with E-state index in [4.69, 9.17) is 0 Å². The molecule has 0 amide bonds. The molecule has 1 radical (unpaired) electrons. The highest BCUT2D eigenvalue weighted by molar-refractivity contribution is 5.23. The van der Waals surface area contributed by atoms with Gasteiger partial charge in [0.2, 0.25) is 0 Å². The highest BCUT2D eigenvalue weighted by Crippen LogP contribution is 2.19. The van der Waals surface area contributed by atoms with Crippen molar-refractivity contribution in [2.75, 3.05) is 0 Å². The molecule has 3 heteroatoms. The monoisotopic (exact) mass is 173 g/mol. The van der Waals surface area contributed by atoms with Gasteiger partial charge >= 0.3 is 0 Å². The van der Waals surface area contributed by atoms with Crippen LogP contribution >= 0.6 is 0 Å². The van der Waals surface area contributed by atoms with E-state index in [1.807, 2.05) is 0 Å². The van der Waals surface area contributed by atoms with Gasteiger partial charge in [0, 0.05) is 0 Å². The topological polar surface area (TPSA) is 0 Å². The molecular formula is C9H8F3. The SMILES string of the molecule is [CH2]C(C)c1cc(F)c(F)c(F)c1. The van der Waals surface area contributed by atoms with E-state index in [1.54, 1.807) is 6.92 Å². The molecule has 0 heterocycles. The van der Waals surface area contributed by atoms with Gasteiger partial charge in [-0.3, -0.25) is 0 Å². The summed E-state index contributed by atoms with van der Waals surface area (Å²) in [5.41, 5.74) is 0.353. The van der Waals surface area contributed by atoms with Crippen molar-refractivity contribution in [2.45, 2.75) is 12.8 Å². The summed E-state index contributed by atoms with van der Waals surface area (Å²) in [6.07, 6.45) is 0. The van der Waals surface area contributed by atoms with Crippen molar-refractivity contribution < 1.29 is 13.2 Å². The summed E-state index contributed by atoms with van der Waals surface area (Å²) in [5, 5.41) is 0. The van der Waals surface area contributed by atoms with E-state index in [-0.39, 0.29) is 5.92 Å². The van der Waals surface area contributed by atoms with E-state index in [9.17, 15) is 13.2 Å². The third-order valence-electron chi connectivity index (χ3n) is 1.58. The van der Waals surface area contributed by atoms with Crippen molar-refractivity contribution >= 4 is 0 Å². The summed E-state index contributed by atoms with van der Waals surface area (Å²) in [6.45, 7) is 5.24. The Labute approximate surface area is 69.0 Å². The van der Waals surface area contributed by atoms with Gasteiger partial charge in [-0.15, -0.1) is 0 Å². The predicted molar refractivity (Wildman–Crippen MR) is 40.1 cm³/mol. The minimum atomic E-state index is -1.43. The van der Waals surface area contributed by atoms with Crippen molar-refractivity contribution in [3.8, 4) is 0 Å². The molecule has 0 aromatic heterocycles. The third kappa shape index (κ3) is 1.60. The molecular weight excluding hydrogens is 165 g/mol. The maximum Gasteiger partial charge on any atom is 0.194 e. The lowest BCUT2D eigenvalue weighted by atomic mass is 10.0. The van der Waals surface area contributed by atoms with Gasteiger partial charge in [-0.2, -0.15) is 0 Å². The molecule has 1 rings (SSSR count). The number of hydrogen-bond donors (Lipinski definition) is 0. The van der Waals surface area contributed by atoms with Gasteiger partial charge in [0.1, 0.15) is 0 Å². The molecule has 0 aliphatic heterocycles. The first-order valence-electron chi connectivity index (χ1n) is 3.50. The molecule has 1 aromatic rings. The van der Waals surface area contributed by atoms with E-state index in [1.165, 1.54) is 0 Å². The summed E-state index contributed by atoms with van der Waals surface area (Å²) in [7, 11) is 0. The van der Waals surface area contributed by atoms with Gasteiger partial charge in [-0.05, 0) is 30.5 Å². The van der Waals surface area contributed by atoms with Gasteiger partial charge in [0.15, 0.2) is 17.5 Å². The molecule has 0 spiro atoms. The van der Waals surface area contributed by atoms with Crippen LogP contribution in [0.25, 0.3) is 0 Å². The van der Waals surface area contributed by atoms with Crippen LogP contribution in [0.3, 0.4) is 0 Å². The summed E-state index contributed by atoms with van der Waals surface area (Å²) >= 11 is 0. The van der Waals surface area contributed by atoms with Gasteiger partial charge in [0.25, 0.3) is 0 Å². The largest absolute Gasteiger partial charge is 0.204 e. The lowest BCUT2D eigenvalue weighted by molar-refractivity contribution is 0.445. The zero-order valence-corrected chi connectivity index (χ0v) is 6.57. The first-order valence-corrected chi connectivity index (χ1v) is 3.50. The Kier molecular flexibility index (Phi) is 2.40. The molecule has 0 fully saturated rings. The third-order valence-corrected chi connectivity index (χ3v) is 1.58. The minimum absolute atomic E-state index is 0.255. The number of rotatable bonds is 1. The maximum absolute atomic E-state index is 12.6. The average Bonchev–Trinajstić information content (AvgIpc) is 1.99. The molecule has 0 aliphatic carbocycles. The van der Waals surface area contributed by atoms with Crippen LogP contribution in [0.1, 0.15) is 18.4 Å². The van der Waals surface area contributed by atoms with Crippen LogP contribution in [0.5, 0.6) is 0 Å². The molecule has 65 valence electrons. The second-order valence-electron chi connectivity index (χ2n) is 2.70. The Morgan fingerprint density at radius 1 is 1.17 bits per heavy atom. The molecule has 12 heavy (non-hydrogen) atoms. The fourth-order valence-corrected chi connectivity index (χ4v) is 0.860. The smallest absolute Gasteiger partial charge is 0.194 e. The summed E-state index contributed by atoms with van der Waals surface area (Å²) < 4.78 is 37.5. The molecule has 0 saturated carbocycles. The second kappa shape index (κ2) is 3.17. The van der Waals surface area contributed by atoms with Crippen molar-refractivity contribution in [1.82, 2.24) is 0 Å². The Morgan fingerprint density at radius 2 is 1.58 bits per heavy atom. The van der Waals surface area contributed by atoms with Gasteiger partial charge in [0.05, 0.1) is 0 Å². The Morgan fingerprint density at radius 3 is 1.92 bits per heavy atom. The highest BCUT2D eigenvalue weighted by atomic mass is 19.2. The first kappa shape index (κ1) is 9.10. The van der Waals surface area contributed by atoms with E-state index in [0.29, 0.717) is 5.56 Å². The Hall–Kier alpha value is -0.990. The van der Waals surface area contributed by atoms with E-state index in [2.05, 4.69) is 6.92 Å². The molecule has 0 N–H and O–H groups in total. The van der Waals surface area contributed by atoms with E-state index >= 15 is 0 Å². The van der Waals surface area contributed by atoms with Crippen LogP contribution in [0.4, 0.5) is 13.2 Å². The summed E-state index contributed by atoms with van der Waals surface area (Å²) in [6, 6.07) is 1.91. The van der Waals surface area contributed by atoms with Crippen molar-refractivity contribution in [3.05, 3.63) is 42.1 Å². The van der Waals surface area contributed by atoms with Crippen LogP contribution in [0, 0.1) is 24.4 Å². The average molecular weight is 173 g/mol. The standard InChI is InChI=1S/C9H8F3/c1-5(2)6-3-7(10)9(12)8(11)4-6/h3-5H,1H2,2H3. The maximum atomic E-state index is 12.6. The van der Waals surface area contributed by atoms with Crippen LogP contribution < -0.4 is 0 Å². The van der Waals surface area contributed by atoms with Crippen LogP contribution in [-0.4, -0.2) is 0 Å². The number of halogens is 3. The summed E-state index contributed by atoms with van der Waals surface area (Å²) in [4.78, 5) is 0. The molecule has 0 bridgehead atoms. The van der Waals surface area contributed by atoms with Crippen LogP contribution in [0.15, 0.2) is 12.1 Å². The van der Waals surface area contributed by atoms with Crippen molar-refractivity contribution in [2.24, 2.45) is 0 Å². The number of hydrogen-bond acceptors (Lipinski definition) is 0. The molecule has 1 unspecified atom stereocenters. The zero-order chi connectivity index (χ0) is 9.30. The quantitative estimate of drug-likeness (QED) is 0.572. The minimum Gasteiger partial charge on any atom is -0.204 e. The van der Waals surface area contributed by atoms with Gasteiger partial charge < -0.3 is 0 Å². The lowest BCUT2D eigenvalue weighted by Gasteiger charge is -2.05. The second-order valence-corrected chi connectivity index (χ2v) is 2.70. The fraction of sp³-hybridized carbons (Fsp3) is 0.222. The van der Waals surface area contributed by atoms with E-state index < -0.39 is 17.5 Å². The Balaban J connectivity index is 3.21. The number of benzene rings is 1. The fourth-order valence-electron chi connectivity index (χ4n) is 0.860. The molecule has 0 nitrogen and oxygen atoms in total. The Bertz CT molecular complexity index is 269. The predicted octanol–water partition coefficient (Wildman–Crippen LogP) is 3.04. The molecule has 0 aliphatic rings. The van der Waals surface area contributed by atoms with Crippen LogP contribution in [-0.2, 0) is 0 Å². The van der Waals surface area contributed by atoms with Crippen molar-refractivity contribution in [3.63, 3.8) is 0 Å². The van der Waals surface area contributed by atoms with Gasteiger partial charge in [-0.25, -0.2) is 13.2 Å². The summed E-state index contributed by atoms with van der Waals surface area (Å²) in [5.74, 6) is -4.02. The molecule has 1 aromatic carbocycles. The lowest BCUT2D eigenvalue weighted by Crippen LogP contribution is -1.96. The zero-order valence-electron chi connectivity index (χ0n) is 6.57. The van der Waals surface area contributed by atoms with Crippen molar-refractivity contribution in [1.29, 1.82) is 0 Å². The first-order chi connectivity index (χ1) is 5.52. The normalized spacial score (nSPS) is 10.8. The molecule has 1 atom stereocenters. The van der Waals surface area contributed by atoms with Crippen LogP contribution in [0.2, 0.25) is 0 Å². The van der Waals surface area contributed by atoms with E-state index in [0.717, 1.165) is 12.1 Å². The highest BCUT2D eigenvalue weighted by Gasteiger charge is 2.11. The van der Waals surface area contributed by atoms with Gasteiger partial charge in [-0.1, -0.05) is 6.92 Å².